The number of nitro benzene ring substituents is 1. The summed E-state index contributed by atoms with van der Waals surface area (Å²) in [5.74, 6) is -1.08. The summed E-state index contributed by atoms with van der Waals surface area (Å²) >= 11 is 0. The van der Waals surface area contributed by atoms with Gasteiger partial charge in [0.25, 0.3) is 11.6 Å². The van der Waals surface area contributed by atoms with Crippen LogP contribution < -0.4 is 4.74 Å². The molecule has 0 spiro atoms. The number of rotatable bonds is 5. The van der Waals surface area contributed by atoms with Crippen molar-refractivity contribution in [3.05, 3.63) is 69.8 Å². The molecule has 1 heterocycles. The average Bonchev–Trinajstić information content (AvgIpc) is 2.73. The number of amides is 1. The highest BCUT2D eigenvalue weighted by Crippen LogP contribution is 2.37. The molecule has 0 radical (unpaired) electrons. The molecule has 28 heavy (non-hydrogen) atoms. The van der Waals surface area contributed by atoms with Gasteiger partial charge in [0.05, 0.1) is 23.0 Å². The van der Waals surface area contributed by atoms with Gasteiger partial charge in [0.15, 0.2) is 0 Å². The Balaban J connectivity index is 1.85. The first-order chi connectivity index (χ1) is 13.4. The molecule has 0 saturated carbocycles. The maximum atomic E-state index is 12.9. The number of hydrogen-bond donors (Lipinski definition) is 1. The largest absolute Gasteiger partial charge is 0.496 e. The van der Waals surface area contributed by atoms with Crippen LogP contribution in [0.5, 0.6) is 5.75 Å². The van der Waals surface area contributed by atoms with Crippen molar-refractivity contribution < 1.29 is 24.4 Å². The number of non-ortho nitro benzene ring substituents is 1. The second kappa shape index (κ2) is 7.67. The number of ether oxygens (including phenoxy) is 1. The van der Waals surface area contributed by atoms with Gasteiger partial charge in [0.2, 0.25) is 0 Å². The van der Waals surface area contributed by atoms with Crippen molar-refractivity contribution >= 4 is 17.6 Å². The molecule has 8 nitrogen and oxygen atoms in total. The molecule has 0 unspecified atom stereocenters. The second-order valence-electron chi connectivity index (χ2n) is 6.69. The summed E-state index contributed by atoms with van der Waals surface area (Å²) in [5, 5.41) is 20.9. The number of likely N-dealkylation sites (tertiary alicyclic amines) is 1. The Hall–Kier alpha value is -3.42. The van der Waals surface area contributed by atoms with Crippen LogP contribution in [-0.2, 0) is 10.2 Å². The van der Waals surface area contributed by atoms with Crippen LogP contribution in [0.4, 0.5) is 5.69 Å². The Kier molecular flexibility index (Phi) is 5.30. The summed E-state index contributed by atoms with van der Waals surface area (Å²) in [6.45, 7) is 0.456. The molecule has 1 aliphatic heterocycles. The minimum absolute atomic E-state index is 0.0965. The van der Waals surface area contributed by atoms with Crippen molar-refractivity contribution in [1.29, 1.82) is 0 Å². The van der Waals surface area contributed by atoms with E-state index in [0.29, 0.717) is 5.56 Å². The first-order valence-corrected chi connectivity index (χ1v) is 8.79. The highest BCUT2D eigenvalue weighted by atomic mass is 16.6. The summed E-state index contributed by atoms with van der Waals surface area (Å²) in [7, 11) is 1.39. The lowest BCUT2D eigenvalue weighted by Crippen LogP contribution is -2.49. The third kappa shape index (κ3) is 3.40. The van der Waals surface area contributed by atoms with Crippen LogP contribution in [0.15, 0.2) is 48.5 Å². The van der Waals surface area contributed by atoms with E-state index in [2.05, 4.69) is 0 Å². The SMILES string of the molecule is COc1ccc([N+](=O)[O-])cc1C(=O)N1CCC(C(=O)O)(c2ccccc2)CC1. The number of nitro groups is 1. The number of carbonyl (C=O) groups is 2. The topological polar surface area (TPSA) is 110 Å². The number of aliphatic carboxylic acids is 1. The lowest BCUT2D eigenvalue weighted by molar-refractivity contribution is -0.384. The molecule has 1 saturated heterocycles. The predicted molar refractivity (Wildman–Crippen MR) is 101 cm³/mol. The van der Waals surface area contributed by atoms with Crippen LogP contribution in [0.3, 0.4) is 0 Å². The minimum Gasteiger partial charge on any atom is -0.496 e. The molecule has 1 aliphatic rings. The molecule has 8 heteroatoms. The van der Waals surface area contributed by atoms with E-state index in [1.807, 2.05) is 6.07 Å². The number of carboxylic acid groups (broad SMARTS) is 1. The van der Waals surface area contributed by atoms with E-state index in [-0.39, 0.29) is 42.9 Å². The lowest BCUT2D eigenvalue weighted by Gasteiger charge is -2.39. The van der Waals surface area contributed by atoms with Crippen LogP contribution in [-0.4, -0.2) is 47.0 Å². The highest BCUT2D eigenvalue weighted by molar-refractivity contribution is 5.98. The van der Waals surface area contributed by atoms with Gasteiger partial charge in [-0.1, -0.05) is 30.3 Å². The maximum absolute atomic E-state index is 12.9. The normalized spacial score (nSPS) is 15.7. The Bertz CT molecular complexity index is 904. The number of methoxy groups -OCH3 is 1. The maximum Gasteiger partial charge on any atom is 0.314 e. The van der Waals surface area contributed by atoms with Crippen molar-refractivity contribution in [2.75, 3.05) is 20.2 Å². The van der Waals surface area contributed by atoms with Gasteiger partial charge in [-0.25, -0.2) is 0 Å². The van der Waals surface area contributed by atoms with Gasteiger partial charge in [-0.2, -0.15) is 0 Å². The molecule has 0 bridgehead atoms. The van der Waals surface area contributed by atoms with Gasteiger partial charge < -0.3 is 14.7 Å². The number of carbonyl (C=O) groups excluding carboxylic acids is 1. The fourth-order valence-electron chi connectivity index (χ4n) is 3.62. The summed E-state index contributed by atoms with van der Waals surface area (Å²) in [4.78, 5) is 37.0. The molecular formula is C20H20N2O6. The molecule has 2 aromatic rings. The van der Waals surface area contributed by atoms with Crippen LogP contribution in [0.25, 0.3) is 0 Å². The number of benzene rings is 2. The molecule has 0 aromatic heterocycles. The minimum atomic E-state index is -1.05. The molecule has 1 amide bonds. The van der Waals surface area contributed by atoms with Crippen molar-refractivity contribution in [2.24, 2.45) is 0 Å². The fourth-order valence-corrected chi connectivity index (χ4v) is 3.62. The number of carboxylic acids is 1. The van der Waals surface area contributed by atoms with Gasteiger partial charge >= 0.3 is 5.97 Å². The standard InChI is InChI=1S/C20H20N2O6/c1-28-17-8-7-15(22(26)27)13-16(17)18(23)21-11-9-20(10-12-21,19(24)25)14-5-3-2-4-6-14/h2-8,13H,9-12H2,1H3,(H,24,25). The Morgan fingerprint density at radius 1 is 1.14 bits per heavy atom. The number of piperidine rings is 1. The zero-order valence-corrected chi connectivity index (χ0v) is 15.3. The molecule has 2 aromatic carbocycles. The third-order valence-corrected chi connectivity index (χ3v) is 5.26. The third-order valence-electron chi connectivity index (χ3n) is 5.26. The Labute approximate surface area is 161 Å². The van der Waals surface area contributed by atoms with E-state index in [1.54, 1.807) is 24.3 Å². The molecule has 1 fully saturated rings. The monoisotopic (exact) mass is 384 g/mol. The van der Waals surface area contributed by atoms with Gasteiger partial charge in [0, 0.05) is 25.2 Å². The summed E-state index contributed by atoms with van der Waals surface area (Å²) in [6.07, 6.45) is 0.519. The van der Waals surface area contributed by atoms with Crippen molar-refractivity contribution in [3.8, 4) is 5.75 Å². The molecule has 146 valence electrons. The molecule has 1 N–H and O–H groups in total. The van der Waals surface area contributed by atoms with Crippen molar-refractivity contribution in [1.82, 2.24) is 4.90 Å². The Morgan fingerprint density at radius 3 is 2.32 bits per heavy atom. The van der Waals surface area contributed by atoms with E-state index >= 15 is 0 Å². The second-order valence-corrected chi connectivity index (χ2v) is 6.69. The Morgan fingerprint density at radius 2 is 1.79 bits per heavy atom. The van der Waals surface area contributed by atoms with E-state index in [1.165, 1.54) is 30.2 Å². The molecular weight excluding hydrogens is 364 g/mol. The van der Waals surface area contributed by atoms with Gasteiger partial charge in [-0.05, 0) is 24.5 Å². The first-order valence-electron chi connectivity index (χ1n) is 8.79. The number of nitrogens with zero attached hydrogens (tertiary/aromatic N) is 2. The quantitative estimate of drug-likeness (QED) is 0.627. The summed E-state index contributed by atoms with van der Waals surface area (Å²) in [6, 6.07) is 12.8. The van der Waals surface area contributed by atoms with Gasteiger partial charge in [0.1, 0.15) is 5.75 Å². The first kappa shape index (κ1) is 19.3. The average molecular weight is 384 g/mol. The lowest BCUT2D eigenvalue weighted by atomic mass is 9.72. The molecule has 0 aliphatic carbocycles. The van der Waals surface area contributed by atoms with Gasteiger partial charge in [-0.3, -0.25) is 19.7 Å². The van der Waals surface area contributed by atoms with E-state index in [4.69, 9.17) is 4.74 Å². The molecule has 0 atom stereocenters. The van der Waals surface area contributed by atoms with Crippen molar-refractivity contribution in [3.63, 3.8) is 0 Å². The van der Waals surface area contributed by atoms with Gasteiger partial charge in [-0.15, -0.1) is 0 Å². The highest BCUT2D eigenvalue weighted by Gasteiger charge is 2.44. The zero-order valence-electron chi connectivity index (χ0n) is 15.3. The van der Waals surface area contributed by atoms with E-state index in [0.717, 1.165) is 0 Å². The van der Waals surface area contributed by atoms with E-state index < -0.39 is 22.2 Å². The fraction of sp³-hybridized carbons (Fsp3) is 0.300. The van der Waals surface area contributed by atoms with Crippen LogP contribution in [0.2, 0.25) is 0 Å². The van der Waals surface area contributed by atoms with Crippen LogP contribution >= 0.6 is 0 Å². The van der Waals surface area contributed by atoms with Crippen molar-refractivity contribution in [2.45, 2.75) is 18.3 Å². The number of hydrogen-bond acceptors (Lipinski definition) is 5. The van der Waals surface area contributed by atoms with E-state index in [9.17, 15) is 24.8 Å². The van der Waals surface area contributed by atoms with Crippen LogP contribution in [0, 0.1) is 10.1 Å². The molecule has 3 rings (SSSR count). The zero-order chi connectivity index (χ0) is 20.3. The summed E-state index contributed by atoms with van der Waals surface area (Å²) in [5.41, 5.74) is -0.447. The predicted octanol–water partition coefficient (Wildman–Crippen LogP) is 2.86. The van der Waals surface area contributed by atoms with Crippen LogP contribution in [0.1, 0.15) is 28.8 Å². The smallest absolute Gasteiger partial charge is 0.314 e. The summed E-state index contributed by atoms with van der Waals surface area (Å²) < 4.78 is 5.18.